The molecule has 1 atom stereocenters. The summed E-state index contributed by atoms with van der Waals surface area (Å²) in [6.45, 7) is 1.85. The summed E-state index contributed by atoms with van der Waals surface area (Å²) in [7, 11) is 1.52. The Labute approximate surface area is 187 Å². The van der Waals surface area contributed by atoms with Gasteiger partial charge in [-0.1, -0.05) is 13.0 Å². The second-order valence-corrected chi connectivity index (χ2v) is 7.99. The van der Waals surface area contributed by atoms with Crippen molar-refractivity contribution >= 4 is 34.7 Å². The van der Waals surface area contributed by atoms with Crippen molar-refractivity contribution in [1.29, 1.82) is 0 Å². The highest BCUT2D eigenvalue weighted by molar-refractivity contribution is 6.08. The van der Waals surface area contributed by atoms with Crippen molar-refractivity contribution in [1.82, 2.24) is 20.5 Å². The van der Waals surface area contributed by atoms with Crippen molar-refractivity contribution in [2.45, 2.75) is 25.4 Å². The van der Waals surface area contributed by atoms with E-state index in [0.29, 0.717) is 34.4 Å². The SMILES string of the molecule is CCC(=O)c1cnc2cc([C@]3(CN4Cc5ccc(OC)cc5C4=O)NC(=O)NC3=O)oc2c1. The van der Waals surface area contributed by atoms with Crippen molar-refractivity contribution in [2.24, 2.45) is 0 Å². The van der Waals surface area contributed by atoms with E-state index in [-0.39, 0.29) is 30.5 Å². The van der Waals surface area contributed by atoms with Gasteiger partial charge >= 0.3 is 6.03 Å². The topological polar surface area (TPSA) is 131 Å². The second-order valence-electron chi connectivity index (χ2n) is 7.99. The fourth-order valence-corrected chi connectivity index (χ4v) is 4.22. The Morgan fingerprint density at radius 2 is 2.06 bits per heavy atom. The van der Waals surface area contributed by atoms with Crippen molar-refractivity contribution < 1.29 is 28.3 Å². The molecule has 4 heterocycles. The van der Waals surface area contributed by atoms with Crippen molar-refractivity contribution in [3.8, 4) is 5.75 Å². The first-order valence-corrected chi connectivity index (χ1v) is 10.4. The van der Waals surface area contributed by atoms with Gasteiger partial charge in [-0.25, -0.2) is 4.79 Å². The molecule has 0 aliphatic carbocycles. The molecule has 168 valence electrons. The molecule has 3 aromatic rings. The van der Waals surface area contributed by atoms with Gasteiger partial charge in [-0.15, -0.1) is 0 Å². The third kappa shape index (κ3) is 3.22. The summed E-state index contributed by atoms with van der Waals surface area (Å²) in [6.07, 6.45) is 1.76. The molecule has 1 aromatic carbocycles. The van der Waals surface area contributed by atoms with Crippen LogP contribution >= 0.6 is 0 Å². The Bertz CT molecular complexity index is 1350. The van der Waals surface area contributed by atoms with Crippen LogP contribution in [0.5, 0.6) is 5.75 Å². The third-order valence-corrected chi connectivity index (χ3v) is 6.00. The maximum absolute atomic E-state index is 13.1. The van der Waals surface area contributed by atoms with Gasteiger partial charge in [-0.3, -0.25) is 24.7 Å². The molecule has 33 heavy (non-hydrogen) atoms. The molecule has 10 nitrogen and oxygen atoms in total. The number of hydrogen-bond acceptors (Lipinski definition) is 7. The fourth-order valence-electron chi connectivity index (χ4n) is 4.22. The zero-order valence-electron chi connectivity index (χ0n) is 17.9. The summed E-state index contributed by atoms with van der Waals surface area (Å²) in [5.74, 6) is -0.359. The Kier molecular flexibility index (Phi) is 4.66. The Balaban J connectivity index is 1.54. The smallest absolute Gasteiger partial charge is 0.322 e. The van der Waals surface area contributed by atoms with Crippen LogP contribution in [0.15, 0.2) is 40.9 Å². The zero-order valence-corrected chi connectivity index (χ0v) is 17.9. The fraction of sp³-hybridized carbons (Fsp3) is 0.261. The molecule has 0 unspecified atom stereocenters. The highest BCUT2D eigenvalue weighted by atomic mass is 16.5. The van der Waals surface area contributed by atoms with Crippen LogP contribution in [0.4, 0.5) is 4.79 Å². The first kappa shape index (κ1) is 20.7. The van der Waals surface area contributed by atoms with Crippen LogP contribution in [0, 0.1) is 0 Å². The monoisotopic (exact) mass is 448 g/mol. The van der Waals surface area contributed by atoms with Crippen LogP contribution in [-0.4, -0.2) is 47.2 Å². The number of nitrogens with one attached hydrogen (secondary N) is 2. The maximum Gasteiger partial charge on any atom is 0.322 e. The number of carbonyl (C=O) groups excluding carboxylic acids is 4. The second kappa shape index (κ2) is 7.44. The number of furan rings is 1. The first-order valence-electron chi connectivity index (χ1n) is 10.4. The van der Waals surface area contributed by atoms with Crippen molar-refractivity contribution in [3.63, 3.8) is 0 Å². The Hall–Kier alpha value is -4.21. The van der Waals surface area contributed by atoms with Crippen LogP contribution in [-0.2, 0) is 16.9 Å². The number of carbonyl (C=O) groups is 4. The number of fused-ring (bicyclic) bond motifs is 2. The van der Waals surface area contributed by atoms with E-state index >= 15 is 0 Å². The number of urea groups is 1. The third-order valence-electron chi connectivity index (χ3n) is 6.00. The molecule has 2 aromatic heterocycles. The average molecular weight is 448 g/mol. The molecule has 4 amide bonds. The molecule has 2 aliphatic heterocycles. The molecule has 0 radical (unpaired) electrons. The minimum absolute atomic E-state index is 0.0974. The van der Waals surface area contributed by atoms with E-state index in [2.05, 4.69) is 15.6 Å². The number of nitrogens with zero attached hydrogens (tertiary/aromatic N) is 2. The van der Waals surface area contributed by atoms with Gasteiger partial charge in [0.2, 0.25) is 0 Å². The first-order chi connectivity index (χ1) is 15.8. The van der Waals surface area contributed by atoms with Gasteiger partial charge in [-0.2, -0.15) is 0 Å². The normalized spacial score (nSPS) is 19.6. The molecule has 5 rings (SSSR count). The van der Waals surface area contributed by atoms with Crippen LogP contribution in [0.2, 0.25) is 0 Å². The highest BCUT2D eigenvalue weighted by Crippen LogP contribution is 2.34. The minimum Gasteiger partial charge on any atom is -0.497 e. The van der Waals surface area contributed by atoms with E-state index in [1.54, 1.807) is 31.2 Å². The number of imide groups is 1. The van der Waals surface area contributed by atoms with Gasteiger partial charge in [-0.05, 0) is 23.8 Å². The number of methoxy groups -OCH3 is 1. The van der Waals surface area contributed by atoms with E-state index in [4.69, 9.17) is 9.15 Å². The number of ketones is 1. The molecule has 2 N–H and O–H groups in total. The molecule has 0 saturated carbocycles. The minimum atomic E-state index is -1.64. The summed E-state index contributed by atoms with van der Waals surface area (Å²) in [5, 5.41) is 4.87. The van der Waals surface area contributed by atoms with E-state index in [9.17, 15) is 19.2 Å². The molecule has 0 bridgehead atoms. The van der Waals surface area contributed by atoms with Gasteiger partial charge in [0.05, 0.1) is 13.7 Å². The van der Waals surface area contributed by atoms with E-state index in [0.717, 1.165) is 5.56 Å². The Morgan fingerprint density at radius 3 is 2.76 bits per heavy atom. The maximum atomic E-state index is 13.1. The molecular weight excluding hydrogens is 428 g/mol. The zero-order chi connectivity index (χ0) is 23.3. The van der Waals surface area contributed by atoms with Crippen LogP contribution in [0.25, 0.3) is 11.1 Å². The lowest BCUT2D eigenvalue weighted by Gasteiger charge is -2.28. The van der Waals surface area contributed by atoms with Gasteiger partial charge in [0.1, 0.15) is 17.0 Å². The average Bonchev–Trinajstić information content (AvgIpc) is 3.46. The highest BCUT2D eigenvalue weighted by Gasteiger charge is 2.53. The lowest BCUT2D eigenvalue weighted by Crippen LogP contribution is -2.52. The predicted molar refractivity (Wildman–Crippen MR) is 115 cm³/mol. The largest absolute Gasteiger partial charge is 0.497 e. The lowest BCUT2D eigenvalue weighted by atomic mass is 9.95. The molecule has 0 spiro atoms. The van der Waals surface area contributed by atoms with Crippen LogP contribution < -0.4 is 15.4 Å². The summed E-state index contributed by atoms with van der Waals surface area (Å²) in [4.78, 5) is 56.0. The van der Waals surface area contributed by atoms with Gasteiger partial charge in [0.25, 0.3) is 11.8 Å². The number of Topliss-reactive ketones (excluding diaryl/α,β-unsaturated/α-hetero) is 1. The number of amides is 4. The number of benzene rings is 1. The standard InChI is InChI=1S/C23H20N4O6/c1-3-17(28)13-6-18-16(24-9-13)8-19(33-18)23(21(30)25-22(31)26-23)11-27-10-12-4-5-14(32-2)7-15(12)20(27)29/h4-9H,3,10-11H2,1-2H3,(H2,25,26,30,31)/t23-/m0/s1. The number of aromatic nitrogens is 1. The summed E-state index contributed by atoms with van der Waals surface area (Å²) in [5.41, 5.74) is 0.733. The predicted octanol–water partition coefficient (Wildman–Crippen LogP) is 2.12. The molecular formula is C23H20N4O6. The number of ether oxygens (including phenoxy) is 1. The number of rotatable bonds is 6. The van der Waals surface area contributed by atoms with Gasteiger partial charge in [0.15, 0.2) is 16.9 Å². The van der Waals surface area contributed by atoms with E-state index in [1.165, 1.54) is 24.3 Å². The van der Waals surface area contributed by atoms with E-state index in [1.807, 2.05) is 0 Å². The summed E-state index contributed by atoms with van der Waals surface area (Å²) < 4.78 is 11.1. The molecule has 2 aliphatic rings. The molecule has 1 fully saturated rings. The Morgan fingerprint density at radius 1 is 1.24 bits per heavy atom. The van der Waals surface area contributed by atoms with E-state index < -0.39 is 17.5 Å². The lowest BCUT2D eigenvalue weighted by molar-refractivity contribution is -0.125. The van der Waals surface area contributed by atoms with Crippen LogP contribution in [0.1, 0.15) is 45.4 Å². The van der Waals surface area contributed by atoms with Gasteiger partial charge in [0, 0.05) is 36.4 Å². The molecule has 10 heteroatoms. The van der Waals surface area contributed by atoms with Crippen LogP contribution in [0.3, 0.4) is 0 Å². The summed E-state index contributed by atoms with van der Waals surface area (Å²) >= 11 is 0. The van der Waals surface area contributed by atoms with Gasteiger partial charge < -0.3 is 19.4 Å². The number of pyridine rings is 1. The quantitative estimate of drug-likeness (QED) is 0.436. The van der Waals surface area contributed by atoms with Crippen molar-refractivity contribution in [3.05, 3.63) is 59.0 Å². The summed E-state index contributed by atoms with van der Waals surface area (Å²) in [6, 6.07) is 7.61. The number of hydrogen-bond donors (Lipinski definition) is 2. The molecule has 1 saturated heterocycles. The van der Waals surface area contributed by atoms with Crippen molar-refractivity contribution in [2.75, 3.05) is 13.7 Å².